The summed E-state index contributed by atoms with van der Waals surface area (Å²) in [4.78, 5) is 14.2. The fourth-order valence-corrected chi connectivity index (χ4v) is 3.28. The van der Waals surface area contributed by atoms with Gasteiger partial charge >= 0.3 is 5.97 Å². The molecule has 0 aliphatic carbocycles. The molecule has 1 fully saturated rings. The molecule has 0 aromatic heterocycles. The fourth-order valence-electron chi connectivity index (χ4n) is 3.28. The zero-order chi connectivity index (χ0) is 17.6. The first-order valence-corrected chi connectivity index (χ1v) is 8.89. The summed E-state index contributed by atoms with van der Waals surface area (Å²) >= 11 is 0. The van der Waals surface area contributed by atoms with Crippen LogP contribution in [0.4, 0.5) is 0 Å². The van der Waals surface area contributed by atoms with Gasteiger partial charge in [0, 0.05) is 19.6 Å². The maximum atomic E-state index is 11.7. The summed E-state index contributed by atoms with van der Waals surface area (Å²) in [5.41, 5.74) is 4.54. The van der Waals surface area contributed by atoms with E-state index in [9.17, 15) is 4.79 Å². The Labute approximate surface area is 149 Å². The van der Waals surface area contributed by atoms with Crippen LogP contribution in [0.2, 0.25) is 0 Å². The first-order chi connectivity index (χ1) is 12.2. The van der Waals surface area contributed by atoms with Crippen LogP contribution < -0.4 is 0 Å². The van der Waals surface area contributed by atoms with E-state index in [0.717, 1.165) is 25.2 Å². The Morgan fingerprint density at radius 1 is 1.16 bits per heavy atom. The first-order valence-electron chi connectivity index (χ1n) is 8.89. The lowest BCUT2D eigenvalue weighted by atomic mass is 10.0. The van der Waals surface area contributed by atoms with E-state index >= 15 is 0 Å². The number of benzene rings is 2. The van der Waals surface area contributed by atoms with Crippen molar-refractivity contribution in [2.24, 2.45) is 5.92 Å². The molecule has 0 N–H and O–H groups in total. The third kappa shape index (κ3) is 4.58. The van der Waals surface area contributed by atoms with E-state index in [0.29, 0.717) is 18.1 Å². The van der Waals surface area contributed by atoms with Crippen LogP contribution in [0.5, 0.6) is 0 Å². The van der Waals surface area contributed by atoms with E-state index in [-0.39, 0.29) is 5.97 Å². The lowest BCUT2D eigenvalue weighted by Crippen LogP contribution is -2.19. The molecule has 130 valence electrons. The van der Waals surface area contributed by atoms with Gasteiger partial charge in [0.15, 0.2) is 0 Å². The molecule has 1 saturated heterocycles. The van der Waals surface area contributed by atoms with Crippen LogP contribution in [-0.2, 0) is 11.3 Å². The van der Waals surface area contributed by atoms with E-state index < -0.39 is 0 Å². The summed E-state index contributed by atoms with van der Waals surface area (Å²) in [6.07, 6.45) is 2.25. The van der Waals surface area contributed by atoms with Crippen LogP contribution in [0.25, 0.3) is 6.08 Å². The molecule has 2 aromatic carbocycles. The van der Waals surface area contributed by atoms with Gasteiger partial charge in [0.1, 0.15) is 0 Å². The Morgan fingerprint density at radius 3 is 2.56 bits per heavy atom. The molecule has 3 heteroatoms. The quantitative estimate of drug-likeness (QED) is 0.759. The van der Waals surface area contributed by atoms with Crippen LogP contribution in [0.15, 0.2) is 60.2 Å². The molecule has 2 aromatic rings. The molecule has 1 aliphatic rings. The standard InChI is InChI=1S/C22H25NO2/c1-3-25-22(24)20-11-9-18(10-12-20)13-21-16-23(14-17(21)2)15-19-7-5-4-6-8-19/h4-13,17H,3,14-16H2,1-2H3/b21-13-. The molecule has 1 unspecified atom stereocenters. The molecule has 1 heterocycles. The van der Waals surface area contributed by atoms with Gasteiger partial charge in [-0.1, -0.05) is 61.0 Å². The average molecular weight is 335 g/mol. The second-order valence-electron chi connectivity index (χ2n) is 6.62. The number of ether oxygens (including phenoxy) is 1. The predicted molar refractivity (Wildman–Crippen MR) is 101 cm³/mol. The summed E-state index contributed by atoms with van der Waals surface area (Å²) in [7, 11) is 0. The van der Waals surface area contributed by atoms with Crippen molar-refractivity contribution in [1.29, 1.82) is 0 Å². The van der Waals surface area contributed by atoms with Crippen LogP contribution >= 0.6 is 0 Å². The molecular weight excluding hydrogens is 310 g/mol. The van der Waals surface area contributed by atoms with Crippen molar-refractivity contribution >= 4 is 12.0 Å². The molecule has 0 saturated carbocycles. The van der Waals surface area contributed by atoms with Crippen molar-refractivity contribution in [1.82, 2.24) is 4.90 Å². The Bertz CT molecular complexity index is 734. The molecule has 0 bridgehead atoms. The SMILES string of the molecule is CCOC(=O)c1ccc(/C=C2/CN(Cc3ccccc3)CC2C)cc1. The summed E-state index contributed by atoms with van der Waals surface area (Å²) in [5, 5.41) is 0. The van der Waals surface area contributed by atoms with Gasteiger partial charge in [-0.3, -0.25) is 4.90 Å². The number of hydrogen-bond acceptors (Lipinski definition) is 3. The lowest BCUT2D eigenvalue weighted by Gasteiger charge is -2.14. The second-order valence-corrected chi connectivity index (χ2v) is 6.62. The van der Waals surface area contributed by atoms with E-state index in [1.165, 1.54) is 11.1 Å². The topological polar surface area (TPSA) is 29.5 Å². The molecule has 3 nitrogen and oxygen atoms in total. The van der Waals surface area contributed by atoms with E-state index in [4.69, 9.17) is 4.74 Å². The number of carbonyl (C=O) groups excluding carboxylic acids is 1. The molecule has 1 aliphatic heterocycles. The fraction of sp³-hybridized carbons (Fsp3) is 0.318. The smallest absolute Gasteiger partial charge is 0.338 e. The van der Waals surface area contributed by atoms with Crippen molar-refractivity contribution in [2.75, 3.05) is 19.7 Å². The molecule has 0 amide bonds. The lowest BCUT2D eigenvalue weighted by molar-refractivity contribution is 0.0526. The maximum absolute atomic E-state index is 11.7. The predicted octanol–water partition coefficient (Wildman–Crippen LogP) is 4.40. The van der Waals surface area contributed by atoms with Crippen LogP contribution in [-0.4, -0.2) is 30.6 Å². The second kappa shape index (κ2) is 8.13. The zero-order valence-electron chi connectivity index (χ0n) is 14.9. The van der Waals surface area contributed by atoms with Crippen molar-refractivity contribution in [3.63, 3.8) is 0 Å². The Balaban J connectivity index is 1.66. The Morgan fingerprint density at radius 2 is 1.88 bits per heavy atom. The van der Waals surface area contributed by atoms with Crippen molar-refractivity contribution in [2.45, 2.75) is 20.4 Å². The van der Waals surface area contributed by atoms with E-state index in [1.54, 1.807) is 0 Å². The third-order valence-corrected chi connectivity index (χ3v) is 4.59. The molecule has 25 heavy (non-hydrogen) atoms. The van der Waals surface area contributed by atoms with Gasteiger partial charge in [-0.15, -0.1) is 0 Å². The van der Waals surface area contributed by atoms with Gasteiger partial charge in [0.05, 0.1) is 12.2 Å². The molecular formula is C22H25NO2. The summed E-state index contributed by atoms with van der Waals surface area (Å²) in [6.45, 7) is 7.57. The largest absolute Gasteiger partial charge is 0.462 e. The number of likely N-dealkylation sites (tertiary alicyclic amines) is 1. The Kier molecular flexibility index (Phi) is 5.67. The number of rotatable bonds is 5. The monoisotopic (exact) mass is 335 g/mol. The minimum Gasteiger partial charge on any atom is -0.462 e. The summed E-state index contributed by atoms with van der Waals surface area (Å²) < 4.78 is 5.03. The molecule has 3 rings (SSSR count). The normalized spacial score (nSPS) is 19.3. The van der Waals surface area contributed by atoms with Crippen molar-refractivity contribution < 1.29 is 9.53 Å². The highest BCUT2D eigenvalue weighted by Crippen LogP contribution is 2.26. The van der Waals surface area contributed by atoms with Gasteiger partial charge in [-0.2, -0.15) is 0 Å². The average Bonchev–Trinajstić information content (AvgIpc) is 2.96. The minimum absolute atomic E-state index is 0.259. The highest BCUT2D eigenvalue weighted by molar-refractivity contribution is 5.89. The van der Waals surface area contributed by atoms with Gasteiger partial charge in [-0.25, -0.2) is 4.79 Å². The van der Waals surface area contributed by atoms with E-state index in [2.05, 4.69) is 48.2 Å². The number of esters is 1. The molecule has 1 atom stereocenters. The van der Waals surface area contributed by atoms with Gasteiger partial charge in [0.2, 0.25) is 0 Å². The van der Waals surface area contributed by atoms with Gasteiger partial charge < -0.3 is 4.74 Å². The van der Waals surface area contributed by atoms with Crippen LogP contribution in [0, 0.1) is 5.92 Å². The van der Waals surface area contributed by atoms with Crippen LogP contribution in [0.1, 0.15) is 35.3 Å². The highest BCUT2D eigenvalue weighted by Gasteiger charge is 2.23. The van der Waals surface area contributed by atoms with Gasteiger partial charge in [0.25, 0.3) is 0 Å². The minimum atomic E-state index is -0.259. The number of nitrogens with zero attached hydrogens (tertiary/aromatic N) is 1. The van der Waals surface area contributed by atoms with Crippen molar-refractivity contribution in [3.05, 3.63) is 76.9 Å². The number of carbonyl (C=O) groups is 1. The third-order valence-electron chi connectivity index (χ3n) is 4.59. The van der Waals surface area contributed by atoms with E-state index in [1.807, 2.05) is 31.2 Å². The summed E-state index contributed by atoms with van der Waals surface area (Å²) in [5.74, 6) is 0.290. The van der Waals surface area contributed by atoms with Gasteiger partial charge in [-0.05, 0) is 36.1 Å². The van der Waals surface area contributed by atoms with Crippen molar-refractivity contribution in [3.8, 4) is 0 Å². The first kappa shape index (κ1) is 17.4. The number of hydrogen-bond donors (Lipinski definition) is 0. The Hall–Kier alpha value is -2.39. The zero-order valence-corrected chi connectivity index (χ0v) is 14.9. The maximum Gasteiger partial charge on any atom is 0.338 e. The molecule has 0 radical (unpaired) electrons. The highest BCUT2D eigenvalue weighted by atomic mass is 16.5. The summed E-state index contributed by atoms with van der Waals surface area (Å²) in [6, 6.07) is 18.3. The van der Waals surface area contributed by atoms with Crippen LogP contribution in [0.3, 0.4) is 0 Å². The molecule has 0 spiro atoms.